The van der Waals surface area contributed by atoms with Gasteiger partial charge in [0.05, 0.1) is 5.69 Å². The van der Waals surface area contributed by atoms with Crippen molar-refractivity contribution in [2.75, 3.05) is 0 Å². The normalized spacial score (nSPS) is 14.8. The van der Waals surface area contributed by atoms with Gasteiger partial charge in [-0.3, -0.25) is 0 Å². The molecule has 0 N–H and O–H groups in total. The Bertz CT molecular complexity index is 803. The average Bonchev–Trinajstić information content (AvgIpc) is 2.88. The Morgan fingerprint density at radius 1 is 1.11 bits per heavy atom. The van der Waals surface area contributed by atoms with E-state index in [1.807, 2.05) is 24.3 Å². The lowest BCUT2D eigenvalue weighted by atomic mass is 9.96. The quantitative estimate of drug-likeness (QED) is 0.606. The number of nitrogens with zero attached hydrogens (tertiary/aromatic N) is 4. The van der Waals surface area contributed by atoms with E-state index in [1.165, 1.54) is 0 Å². The van der Waals surface area contributed by atoms with Gasteiger partial charge in [0.2, 0.25) is 0 Å². The molecule has 0 spiro atoms. The van der Waals surface area contributed by atoms with Gasteiger partial charge in [-0.25, -0.2) is 4.39 Å². The first-order chi connectivity index (χ1) is 8.84. The standard InChI is InChI=1S/C13H9FN4/c14-8-5-6-12-11(7-8)9-3-1-2-4-10(9)13-15-16-17-18(12)13/h1-4,7H,5-6H2. The molecule has 4 rings (SSSR count). The second-order valence-electron chi connectivity index (χ2n) is 4.41. The minimum atomic E-state index is -0.0833. The Morgan fingerprint density at radius 2 is 1.94 bits per heavy atom. The fourth-order valence-corrected chi connectivity index (χ4v) is 2.59. The predicted molar refractivity (Wildman–Crippen MR) is 65.7 cm³/mol. The number of hydrogen-bond acceptors (Lipinski definition) is 3. The van der Waals surface area contributed by atoms with Crippen molar-refractivity contribution < 1.29 is 4.39 Å². The van der Waals surface area contributed by atoms with E-state index in [0.717, 1.165) is 27.7 Å². The van der Waals surface area contributed by atoms with Gasteiger partial charge in [0, 0.05) is 17.4 Å². The molecule has 5 heteroatoms. The third kappa shape index (κ3) is 1.16. The van der Waals surface area contributed by atoms with Gasteiger partial charge in [-0.15, -0.1) is 5.10 Å². The maximum atomic E-state index is 13.5. The summed E-state index contributed by atoms with van der Waals surface area (Å²) in [4.78, 5) is 0. The lowest BCUT2D eigenvalue weighted by molar-refractivity contribution is 0.582. The van der Waals surface area contributed by atoms with Crippen molar-refractivity contribution in [1.82, 2.24) is 20.0 Å². The molecule has 0 amide bonds. The number of fused-ring (bicyclic) bond motifs is 6. The zero-order valence-corrected chi connectivity index (χ0v) is 9.47. The van der Waals surface area contributed by atoms with Crippen molar-refractivity contribution in [2.24, 2.45) is 0 Å². The van der Waals surface area contributed by atoms with Crippen molar-refractivity contribution in [2.45, 2.75) is 12.8 Å². The largest absolute Gasteiger partial charge is 0.212 e. The van der Waals surface area contributed by atoms with Crippen molar-refractivity contribution in [3.8, 4) is 0 Å². The van der Waals surface area contributed by atoms with Crippen LogP contribution >= 0.6 is 0 Å². The molecule has 0 saturated carbocycles. The van der Waals surface area contributed by atoms with Crippen molar-refractivity contribution in [3.63, 3.8) is 0 Å². The molecule has 0 saturated heterocycles. The first-order valence-electron chi connectivity index (χ1n) is 5.82. The highest BCUT2D eigenvalue weighted by Gasteiger charge is 2.19. The van der Waals surface area contributed by atoms with E-state index in [-0.39, 0.29) is 5.83 Å². The number of benzene rings is 1. The van der Waals surface area contributed by atoms with Crippen LogP contribution < -0.4 is 0 Å². The number of rotatable bonds is 0. The summed E-state index contributed by atoms with van der Waals surface area (Å²) in [7, 11) is 0. The Hall–Kier alpha value is -2.30. The van der Waals surface area contributed by atoms with Gasteiger partial charge in [0.15, 0.2) is 5.65 Å². The zero-order valence-electron chi connectivity index (χ0n) is 9.47. The topological polar surface area (TPSA) is 43.1 Å². The van der Waals surface area contributed by atoms with Gasteiger partial charge in [-0.2, -0.15) is 4.52 Å². The van der Waals surface area contributed by atoms with Crippen LogP contribution in [-0.2, 0) is 6.42 Å². The summed E-state index contributed by atoms with van der Waals surface area (Å²) in [5, 5.41) is 13.8. The second-order valence-corrected chi connectivity index (χ2v) is 4.41. The van der Waals surface area contributed by atoms with E-state index in [2.05, 4.69) is 15.5 Å². The lowest BCUT2D eigenvalue weighted by Gasteiger charge is -2.15. The van der Waals surface area contributed by atoms with Gasteiger partial charge in [0.1, 0.15) is 5.83 Å². The van der Waals surface area contributed by atoms with Crippen LogP contribution in [0.15, 0.2) is 30.1 Å². The minimum Gasteiger partial charge on any atom is -0.212 e. The fraction of sp³-hybridized carbons (Fsp3) is 0.154. The number of tetrazole rings is 1. The number of allylic oxidation sites excluding steroid dienone is 1. The molecular weight excluding hydrogens is 231 g/mol. The van der Waals surface area contributed by atoms with Crippen molar-refractivity contribution in [1.29, 1.82) is 0 Å². The number of aromatic nitrogens is 4. The van der Waals surface area contributed by atoms with Crippen molar-refractivity contribution >= 4 is 22.5 Å². The van der Waals surface area contributed by atoms with Gasteiger partial charge in [-0.05, 0) is 28.3 Å². The smallest absolute Gasteiger partial charge is 0.187 e. The van der Waals surface area contributed by atoms with E-state index in [1.54, 1.807) is 10.6 Å². The highest BCUT2D eigenvalue weighted by atomic mass is 19.1. The molecule has 2 aromatic heterocycles. The van der Waals surface area contributed by atoms with E-state index in [0.29, 0.717) is 12.8 Å². The first-order valence-corrected chi connectivity index (χ1v) is 5.82. The maximum absolute atomic E-state index is 13.5. The van der Waals surface area contributed by atoms with Gasteiger partial charge in [0.25, 0.3) is 0 Å². The van der Waals surface area contributed by atoms with E-state index in [4.69, 9.17) is 0 Å². The third-order valence-corrected chi connectivity index (χ3v) is 3.40. The molecule has 0 aliphatic heterocycles. The summed E-state index contributed by atoms with van der Waals surface area (Å²) in [6, 6.07) is 7.83. The van der Waals surface area contributed by atoms with Crippen molar-refractivity contribution in [3.05, 3.63) is 41.3 Å². The van der Waals surface area contributed by atoms with Crippen LogP contribution in [-0.4, -0.2) is 20.0 Å². The number of halogens is 1. The minimum absolute atomic E-state index is 0.0833. The third-order valence-electron chi connectivity index (χ3n) is 3.40. The number of pyridine rings is 1. The SMILES string of the molecule is FC1=Cc2c(n3nnnc3c3ccccc23)CC1. The first kappa shape index (κ1) is 9.70. The van der Waals surface area contributed by atoms with E-state index < -0.39 is 0 Å². The predicted octanol–water partition coefficient (Wildman–Crippen LogP) is 2.53. The molecule has 0 fully saturated rings. The summed E-state index contributed by atoms with van der Waals surface area (Å²) in [5.74, 6) is -0.0833. The molecule has 3 aromatic rings. The molecule has 18 heavy (non-hydrogen) atoms. The van der Waals surface area contributed by atoms with Crippen LogP contribution in [0.3, 0.4) is 0 Å². The monoisotopic (exact) mass is 240 g/mol. The summed E-state index contributed by atoms with van der Waals surface area (Å²) in [6.07, 6.45) is 2.65. The molecule has 1 aliphatic carbocycles. The molecule has 1 aliphatic rings. The molecule has 0 atom stereocenters. The summed E-state index contributed by atoms with van der Waals surface area (Å²) >= 11 is 0. The fourth-order valence-electron chi connectivity index (χ4n) is 2.59. The maximum Gasteiger partial charge on any atom is 0.187 e. The van der Waals surface area contributed by atoms with Gasteiger partial charge < -0.3 is 0 Å². The highest BCUT2D eigenvalue weighted by Crippen LogP contribution is 2.32. The lowest BCUT2D eigenvalue weighted by Crippen LogP contribution is -2.07. The van der Waals surface area contributed by atoms with Crippen LogP contribution in [0.25, 0.3) is 22.5 Å². The molecule has 88 valence electrons. The molecule has 0 bridgehead atoms. The Balaban J connectivity index is 2.29. The Labute approximate surface area is 102 Å². The second kappa shape index (κ2) is 3.35. The molecule has 0 unspecified atom stereocenters. The molecular formula is C13H9FN4. The number of aryl methyl sites for hydroxylation is 1. The van der Waals surface area contributed by atoms with E-state index >= 15 is 0 Å². The molecule has 4 nitrogen and oxygen atoms in total. The summed E-state index contributed by atoms with van der Waals surface area (Å²) < 4.78 is 15.2. The van der Waals surface area contributed by atoms with Crippen LogP contribution in [0.1, 0.15) is 17.7 Å². The average molecular weight is 240 g/mol. The van der Waals surface area contributed by atoms with Gasteiger partial charge >= 0.3 is 0 Å². The van der Waals surface area contributed by atoms with Crippen LogP contribution in [0.4, 0.5) is 4.39 Å². The van der Waals surface area contributed by atoms with Gasteiger partial charge in [-0.1, -0.05) is 24.3 Å². The van der Waals surface area contributed by atoms with E-state index in [9.17, 15) is 4.39 Å². The Morgan fingerprint density at radius 3 is 2.83 bits per heavy atom. The van der Waals surface area contributed by atoms with Crippen LogP contribution in [0.5, 0.6) is 0 Å². The highest BCUT2D eigenvalue weighted by molar-refractivity contribution is 6.00. The van der Waals surface area contributed by atoms with Crippen LogP contribution in [0, 0.1) is 0 Å². The molecule has 0 radical (unpaired) electrons. The summed E-state index contributed by atoms with van der Waals surface area (Å²) in [6.45, 7) is 0. The number of hydrogen-bond donors (Lipinski definition) is 0. The molecule has 2 heterocycles. The molecule has 1 aromatic carbocycles. The van der Waals surface area contributed by atoms with Crippen LogP contribution in [0.2, 0.25) is 0 Å². The Kier molecular flexibility index (Phi) is 1.81. The zero-order chi connectivity index (χ0) is 12.1. The summed E-state index contributed by atoms with van der Waals surface area (Å²) in [5.41, 5.74) is 2.62.